The Hall–Kier alpha value is -1.61. The molecule has 19 heavy (non-hydrogen) atoms. The molecule has 0 amide bonds. The van der Waals surface area contributed by atoms with Gasteiger partial charge in [0.1, 0.15) is 11.6 Å². The third-order valence-corrected chi connectivity index (χ3v) is 2.79. The van der Waals surface area contributed by atoms with E-state index in [4.69, 9.17) is 5.84 Å². The highest BCUT2D eigenvalue weighted by molar-refractivity contribution is 5.47. The number of nitrogens with zero attached hydrogens (tertiary/aromatic N) is 2. The van der Waals surface area contributed by atoms with Gasteiger partial charge in [-0.3, -0.25) is 0 Å². The maximum Gasteiger partial charge on any atom is 0.451 e. The number of aliphatic hydroxyl groups is 1. The van der Waals surface area contributed by atoms with Crippen LogP contribution in [0.2, 0.25) is 0 Å². The minimum Gasteiger partial charge on any atom is -0.391 e. The molecule has 6 nitrogen and oxygen atoms in total. The Morgan fingerprint density at radius 1 is 1.37 bits per heavy atom. The summed E-state index contributed by atoms with van der Waals surface area (Å²) in [6, 6.07) is 1.24. The molecule has 0 aliphatic heterocycles. The lowest BCUT2D eigenvalue weighted by Crippen LogP contribution is -2.23. The van der Waals surface area contributed by atoms with Gasteiger partial charge in [-0.2, -0.15) is 13.2 Å². The summed E-state index contributed by atoms with van der Waals surface area (Å²) in [6.45, 7) is 0.142. The number of aliphatic hydroxyl groups excluding tert-OH is 1. The van der Waals surface area contributed by atoms with E-state index in [9.17, 15) is 18.3 Å². The molecule has 1 fully saturated rings. The van der Waals surface area contributed by atoms with Crippen molar-refractivity contribution in [1.82, 2.24) is 9.97 Å². The van der Waals surface area contributed by atoms with Crippen molar-refractivity contribution in [3.8, 4) is 0 Å². The summed E-state index contributed by atoms with van der Waals surface area (Å²) in [6.07, 6.45) is -3.36. The molecule has 0 saturated heterocycles. The molecule has 1 aromatic heterocycles. The van der Waals surface area contributed by atoms with Crippen LogP contribution in [0.3, 0.4) is 0 Å². The first-order valence-corrected chi connectivity index (χ1v) is 5.75. The van der Waals surface area contributed by atoms with Crippen LogP contribution < -0.4 is 16.6 Å². The fourth-order valence-corrected chi connectivity index (χ4v) is 1.60. The second kappa shape index (κ2) is 5.17. The van der Waals surface area contributed by atoms with E-state index >= 15 is 0 Å². The van der Waals surface area contributed by atoms with Gasteiger partial charge >= 0.3 is 6.18 Å². The van der Waals surface area contributed by atoms with Gasteiger partial charge in [0.2, 0.25) is 5.82 Å². The highest BCUT2D eigenvalue weighted by atomic mass is 19.4. The molecule has 0 radical (unpaired) electrons. The lowest BCUT2D eigenvalue weighted by molar-refractivity contribution is -0.144. The van der Waals surface area contributed by atoms with E-state index in [-0.39, 0.29) is 24.1 Å². The number of nitrogens with two attached hydrogens (primary N) is 1. The van der Waals surface area contributed by atoms with Gasteiger partial charge in [-0.1, -0.05) is 0 Å². The number of rotatable bonds is 5. The van der Waals surface area contributed by atoms with Crippen LogP contribution in [-0.2, 0) is 6.18 Å². The molecule has 9 heteroatoms. The number of nitrogens with one attached hydrogen (secondary N) is 2. The SMILES string of the molecule is NNc1cc(NCC(O)C2CC2)nc(C(F)(F)F)n1. The highest BCUT2D eigenvalue weighted by Crippen LogP contribution is 2.33. The van der Waals surface area contributed by atoms with Crippen LogP contribution in [0.1, 0.15) is 18.7 Å². The van der Waals surface area contributed by atoms with Crippen LogP contribution in [0.4, 0.5) is 24.8 Å². The van der Waals surface area contributed by atoms with Crippen LogP contribution in [0.25, 0.3) is 0 Å². The van der Waals surface area contributed by atoms with Crippen molar-refractivity contribution in [2.75, 3.05) is 17.3 Å². The van der Waals surface area contributed by atoms with Crippen molar-refractivity contribution in [1.29, 1.82) is 0 Å². The number of alkyl halides is 3. The summed E-state index contributed by atoms with van der Waals surface area (Å²) in [4.78, 5) is 6.57. The van der Waals surface area contributed by atoms with Crippen molar-refractivity contribution < 1.29 is 18.3 Å². The topological polar surface area (TPSA) is 96.1 Å². The first-order valence-electron chi connectivity index (χ1n) is 5.75. The fourth-order valence-electron chi connectivity index (χ4n) is 1.60. The fraction of sp³-hybridized carbons (Fsp3) is 0.600. The largest absolute Gasteiger partial charge is 0.451 e. The number of halogens is 3. The number of anilines is 2. The standard InChI is InChI=1S/C10H14F3N5O/c11-10(12,13)9-16-7(3-8(17-9)18-14)15-4-6(19)5-1-2-5/h3,5-6,19H,1-2,4,14H2,(H2,15,16,17,18). The van der Waals surface area contributed by atoms with Crippen molar-refractivity contribution in [3.05, 3.63) is 11.9 Å². The average Bonchev–Trinajstić information content (AvgIpc) is 3.18. The van der Waals surface area contributed by atoms with Crippen LogP contribution in [0.5, 0.6) is 0 Å². The van der Waals surface area contributed by atoms with Gasteiger partial charge in [0.15, 0.2) is 0 Å². The summed E-state index contributed by atoms with van der Waals surface area (Å²) in [5, 5.41) is 12.3. The summed E-state index contributed by atoms with van der Waals surface area (Å²) >= 11 is 0. The molecule has 0 spiro atoms. The lowest BCUT2D eigenvalue weighted by Gasteiger charge is -2.13. The van der Waals surface area contributed by atoms with Crippen molar-refractivity contribution in [2.24, 2.45) is 11.8 Å². The van der Waals surface area contributed by atoms with E-state index in [1.807, 2.05) is 5.43 Å². The molecule has 1 aliphatic carbocycles. The predicted octanol–water partition coefficient (Wildman–Crippen LogP) is 0.964. The van der Waals surface area contributed by atoms with Gasteiger partial charge in [-0.05, 0) is 18.8 Å². The van der Waals surface area contributed by atoms with Crippen molar-refractivity contribution >= 4 is 11.6 Å². The van der Waals surface area contributed by atoms with E-state index in [0.29, 0.717) is 0 Å². The Bertz CT molecular complexity index is 449. The maximum absolute atomic E-state index is 12.6. The van der Waals surface area contributed by atoms with Crippen LogP contribution in [0, 0.1) is 5.92 Å². The predicted molar refractivity (Wildman–Crippen MR) is 62.1 cm³/mol. The molecule has 1 heterocycles. The van der Waals surface area contributed by atoms with Crippen LogP contribution in [-0.4, -0.2) is 27.7 Å². The Morgan fingerprint density at radius 3 is 2.53 bits per heavy atom. The minimum absolute atomic E-state index is 0.0324. The molecule has 1 aromatic rings. The molecular weight excluding hydrogens is 263 g/mol. The minimum atomic E-state index is -4.65. The molecule has 106 valence electrons. The summed E-state index contributed by atoms with van der Waals surface area (Å²) in [5.74, 6) is 3.82. The molecule has 2 rings (SSSR count). The summed E-state index contributed by atoms with van der Waals surface area (Å²) < 4.78 is 37.7. The average molecular weight is 277 g/mol. The highest BCUT2D eigenvalue weighted by Gasteiger charge is 2.35. The van der Waals surface area contributed by atoms with Gasteiger partial charge in [-0.25, -0.2) is 15.8 Å². The Kier molecular flexibility index (Phi) is 3.76. The second-order valence-corrected chi connectivity index (χ2v) is 4.39. The third kappa shape index (κ3) is 3.67. The lowest BCUT2D eigenvalue weighted by atomic mass is 10.2. The zero-order valence-electron chi connectivity index (χ0n) is 9.91. The Labute approximate surface area is 107 Å². The molecule has 0 aromatic carbocycles. The van der Waals surface area contributed by atoms with E-state index in [0.717, 1.165) is 12.8 Å². The monoisotopic (exact) mass is 277 g/mol. The number of hydrogen-bond acceptors (Lipinski definition) is 6. The van der Waals surface area contributed by atoms with E-state index in [1.165, 1.54) is 6.07 Å². The van der Waals surface area contributed by atoms with Gasteiger partial charge < -0.3 is 15.8 Å². The van der Waals surface area contributed by atoms with Crippen LogP contribution >= 0.6 is 0 Å². The normalized spacial score (nSPS) is 17.1. The second-order valence-electron chi connectivity index (χ2n) is 4.39. The van der Waals surface area contributed by atoms with Crippen LogP contribution in [0.15, 0.2) is 6.07 Å². The van der Waals surface area contributed by atoms with Crippen molar-refractivity contribution in [2.45, 2.75) is 25.1 Å². The van der Waals surface area contributed by atoms with E-state index in [1.54, 1.807) is 0 Å². The molecule has 1 unspecified atom stereocenters. The molecule has 1 saturated carbocycles. The molecule has 1 aliphatic rings. The smallest absolute Gasteiger partial charge is 0.391 e. The van der Waals surface area contributed by atoms with E-state index in [2.05, 4.69) is 15.3 Å². The number of aromatic nitrogens is 2. The quantitative estimate of drug-likeness (QED) is 0.473. The molecule has 5 N–H and O–H groups in total. The molecular formula is C10H14F3N5O. The van der Waals surface area contributed by atoms with Gasteiger partial charge in [0.25, 0.3) is 0 Å². The first-order chi connectivity index (χ1) is 8.90. The molecule has 0 bridgehead atoms. The maximum atomic E-state index is 12.6. The van der Waals surface area contributed by atoms with E-state index < -0.39 is 18.1 Å². The first kappa shape index (κ1) is 13.8. The Morgan fingerprint density at radius 2 is 2.00 bits per heavy atom. The Balaban J connectivity index is 2.09. The van der Waals surface area contributed by atoms with Gasteiger partial charge in [-0.15, -0.1) is 0 Å². The third-order valence-electron chi connectivity index (χ3n) is 2.79. The number of hydrogen-bond donors (Lipinski definition) is 4. The van der Waals surface area contributed by atoms with Gasteiger partial charge in [0.05, 0.1) is 6.10 Å². The summed E-state index contributed by atoms with van der Waals surface area (Å²) in [7, 11) is 0. The zero-order chi connectivity index (χ0) is 14.0. The zero-order valence-corrected chi connectivity index (χ0v) is 9.91. The number of nitrogen functional groups attached to an aromatic ring is 1. The van der Waals surface area contributed by atoms with Crippen molar-refractivity contribution in [3.63, 3.8) is 0 Å². The number of hydrazine groups is 1. The molecule has 1 atom stereocenters. The summed E-state index contributed by atoms with van der Waals surface area (Å²) in [5.41, 5.74) is 2.05. The van der Waals surface area contributed by atoms with Gasteiger partial charge in [0, 0.05) is 12.6 Å².